The van der Waals surface area contributed by atoms with Gasteiger partial charge < -0.3 is 4.42 Å². The molecule has 0 radical (unpaired) electrons. The predicted molar refractivity (Wildman–Crippen MR) is 97.0 cm³/mol. The molecule has 0 amide bonds. The van der Waals surface area contributed by atoms with Gasteiger partial charge in [0.15, 0.2) is 0 Å². The van der Waals surface area contributed by atoms with Gasteiger partial charge in [-0.3, -0.25) is 0 Å². The van der Waals surface area contributed by atoms with Crippen LogP contribution in [0.25, 0.3) is 27.8 Å². The summed E-state index contributed by atoms with van der Waals surface area (Å²) >= 11 is 0. The fourth-order valence-corrected chi connectivity index (χ4v) is 2.89. The maximum Gasteiger partial charge on any atom is 0.344 e. The van der Waals surface area contributed by atoms with Crippen molar-refractivity contribution in [3.05, 3.63) is 76.4 Å². The minimum atomic E-state index is -0.352. The minimum Gasteiger partial charge on any atom is -0.422 e. The van der Waals surface area contributed by atoms with Crippen LogP contribution in [-0.4, -0.2) is 15.0 Å². The predicted octanol–water partition coefficient (Wildman–Crippen LogP) is 3.91. The molecule has 2 aromatic carbocycles. The molecule has 5 nitrogen and oxygen atoms in total. The Morgan fingerprint density at radius 2 is 1.84 bits per heavy atom. The van der Waals surface area contributed by atoms with E-state index in [1.807, 2.05) is 62.4 Å². The summed E-state index contributed by atoms with van der Waals surface area (Å²) in [7, 11) is 0. The van der Waals surface area contributed by atoms with Gasteiger partial charge in [0.2, 0.25) is 0 Å². The van der Waals surface area contributed by atoms with Crippen molar-refractivity contribution in [2.45, 2.75) is 20.3 Å². The fourth-order valence-electron chi connectivity index (χ4n) is 2.89. The molecule has 0 bridgehead atoms. The minimum absolute atomic E-state index is 0.352. The van der Waals surface area contributed by atoms with Crippen molar-refractivity contribution in [1.82, 2.24) is 15.0 Å². The van der Waals surface area contributed by atoms with Crippen molar-refractivity contribution in [3.63, 3.8) is 0 Å². The van der Waals surface area contributed by atoms with Crippen LogP contribution >= 0.6 is 0 Å². The van der Waals surface area contributed by atoms with Crippen LogP contribution in [0, 0.1) is 6.92 Å². The first-order chi connectivity index (χ1) is 12.2. The van der Waals surface area contributed by atoms with Crippen LogP contribution in [0.1, 0.15) is 18.3 Å². The lowest BCUT2D eigenvalue weighted by Gasteiger charge is -2.04. The molecule has 4 aromatic rings. The van der Waals surface area contributed by atoms with E-state index in [0.717, 1.165) is 34.4 Å². The highest BCUT2D eigenvalue weighted by Gasteiger charge is 2.11. The first-order valence-electron chi connectivity index (χ1n) is 8.22. The van der Waals surface area contributed by atoms with Crippen LogP contribution in [-0.2, 0) is 6.42 Å². The molecule has 0 unspecified atom stereocenters. The maximum atomic E-state index is 12.4. The van der Waals surface area contributed by atoms with Crippen molar-refractivity contribution in [2.24, 2.45) is 0 Å². The molecule has 0 aliphatic carbocycles. The van der Waals surface area contributed by atoms with Crippen molar-refractivity contribution >= 4 is 11.0 Å². The van der Waals surface area contributed by atoms with E-state index >= 15 is 0 Å². The molecule has 0 spiro atoms. The largest absolute Gasteiger partial charge is 0.422 e. The SMILES string of the molecule is CCc1nn(-c2ccc3cc(-c4ccccc4)c(=O)oc3c2)nc1C. The van der Waals surface area contributed by atoms with Gasteiger partial charge in [-0.05, 0) is 37.1 Å². The van der Waals surface area contributed by atoms with Crippen molar-refractivity contribution in [2.75, 3.05) is 0 Å². The van der Waals surface area contributed by atoms with Gasteiger partial charge in [0.1, 0.15) is 5.58 Å². The standard InChI is InChI=1S/C20H17N3O2/c1-3-18-13(2)21-23(22-18)16-10-9-15-11-17(14-7-5-4-6-8-14)20(24)25-19(15)12-16/h4-12H,3H2,1-2H3. The summed E-state index contributed by atoms with van der Waals surface area (Å²) in [6.07, 6.45) is 0.828. The normalized spacial score (nSPS) is 11.1. The second-order valence-electron chi connectivity index (χ2n) is 5.91. The Hall–Kier alpha value is -3.21. The molecule has 0 aliphatic rings. The number of rotatable bonds is 3. The zero-order chi connectivity index (χ0) is 17.4. The monoisotopic (exact) mass is 331 g/mol. The number of benzene rings is 2. The van der Waals surface area contributed by atoms with Gasteiger partial charge >= 0.3 is 5.63 Å². The van der Waals surface area contributed by atoms with E-state index in [-0.39, 0.29) is 5.63 Å². The van der Waals surface area contributed by atoms with Gasteiger partial charge in [0, 0.05) is 11.5 Å². The van der Waals surface area contributed by atoms with E-state index in [1.165, 1.54) is 0 Å². The summed E-state index contributed by atoms with van der Waals surface area (Å²) < 4.78 is 5.55. The Kier molecular flexibility index (Phi) is 3.69. The molecule has 0 N–H and O–H groups in total. The topological polar surface area (TPSA) is 60.9 Å². The van der Waals surface area contributed by atoms with Gasteiger partial charge in [-0.1, -0.05) is 37.3 Å². The quantitative estimate of drug-likeness (QED) is 0.534. The number of aryl methyl sites for hydroxylation is 2. The van der Waals surface area contributed by atoms with E-state index in [0.29, 0.717) is 11.1 Å². The molecule has 2 heterocycles. The average molecular weight is 331 g/mol. The molecule has 2 aromatic heterocycles. The second kappa shape index (κ2) is 6.02. The zero-order valence-corrected chi connectivity index (χ0v) is 14.1. The first kappa shape index (κ1) is 15.3. The third kappa shape index (κ3) is 2.74. The Labute approximate surface area is 144 Å². The van der Waals surface area contributed by atoms with Gasteiger partial charge in [0.05, 0.1) is 22.6 Å². The summed E-state index contributed by atoms with van der Waals surface area (Å²) in [5.41, 5.74) is 4.21. The second-order valence-corrected chi connectivity index (χ2v) is 5.91. The molecule has 0 saturated carbocycles. The maximum absolute atomic E-state index is 12.4. The highest BCUT2D eigenvalue weighted by atomic mass is 16.4. The highest BCUT2D eigenvalue weighted by Crippen LogP contribution is 2.23. The number of aromatic nitrogens is 3. The first-order valence-corrected chi connectivity index (χ1v) is 8.22. The number of hydrogen-bond acceptors (Lipinski definition) is 4. The van der Waals surface area contributed by atoms with Gasteiger partial charge in [-0.25, -0.2) is 4.79 Å². The summed E-state index contributed by atoms with van der Waals surface area (Å²) in [6.45, 7) is 3.99. The summed E-state index contributed by atoms with van der Waals surface area (Å²) in [5.74, 6) is 0. The smallest absolute Gasteiger partial charge is 0.344 e. The molecule has 4 rings (SSSR count). The Bertz CT molecular complexity index is 1110. The Balaban J connectivity index is 1.83. The summed E-state index contributed by atoms with van der Waals surface area (Å²) in [4.78, 5) is 14.0. The Morgan fingerprint density at radius 3 is 2.56 bits per heavy atom. The lowest BCUT2D eigenvalue weighted by Crippen LogP contribution is -2.04. The molecule has 0 saturated heterocycles. The van der Waals surface area contributed by atoms with E-state index in [2.05, 4.69) is 10.2 Å². The van der Waals surface area contributed by atoms with E-state index in [1.54, 1.807) is 10.9 Å². The molecular formula is C20H17N3O2. The number of hydrogen-bond donors (Lipinski definition) is 0. The summed E-state index contributed by atoms with van der Waals surface area (Å²) in [6, 6.07) is 17.0. The lowest BCUT2D eigenvalue weighted by molar-refractivity contribution is 0.562. The number of nitrogens with zero attached hydrogens (tertiary/aromatic N) is 3. The van der Waals surface area contributed by atoms with Crippen molar-refractivity contribution < 1.29 is 4.42 Å². The van der Waals surface area contributed by atoms with Crippen LogP contribution in [0.15, 0.2) is 63.8 Å². The summed E-state index contributed by atoms with van der Waals surface area (Å²) in [5, 5.41) is 9.77. The third-order valence-electron chi connectivity index (χ3n) is 4.25. The van der Waals surface area contributed by atoms with Gasteiger partial charge in [-0.15, -0.1) is 0 Å². The molecule has 5 heteroatoms. The van der Waals surface area contributed by atoms with Crippen LogP contribution in [0.4, 0.5) is 0 Å². The van der Waals surface area contributed by atoms with Crippen LogP contribution in [0.5, 0.6) is 0 Å². The van der Waals surface area contributed by atoms with Gasteiger partial charge in [-0.2, -0.15) is 15.0 Å². The molecule has 25 heavy (non-hydrogen) atoms. The average Bonchev–Trinajstić information content (AvgIpc) is 3.02. The van der Waals surface area contributed by atoms with Gasteiger partial charge in [0.25, 0.3) is 0 Å². The van der Waals surface area contributed by atoms with Crippen molar-refractivity contribution in [3.8, 4) is 16.8 Å². The lowest BCUT2D eigenvalue weighted by atomic mass is 10.1. The van der Waals surface area contributed by atoms with Crippen LogP contribution < -0.4 is 5.63 Å². The zero-order valence-electron chi connectivity index (χ0n) is 14.1. The van der Waals surface area contributed by atoms with Crippen LogP contribution in [0.3, 0.4) is 0 Å². The van der Waals surface area contributed by atoms with E-state index in [4.69, 9.17) is 4.42 Å². The molecule has 0 atom stereocenters. The molecule has 0 aliphatic heterocycles. The molecular weight excluding hydrogens is 314 g/mol. The van der Waals surface area contributed by atoms with Crippen molar-refractivity contribution in [1.29, 1.82) is 0 Å². The van der Waals surface area contributed by atoms with E-state index < -0.39 is 0 Å². The Morgan fingerprint density at radius 1 is 1.04 bits per heavy atom. The molecule has 0 fully saturated rings. The van der Waals surface area contributed by atoms with Crippen LogP contribution in [0.2, 0.25) is 0 Å². The highest BCUT2D eigenvalue weighted by molar-refractivity contribution is 5.83. The fraction of sp³-hybridized carbons (Fsp3) is 0.150. The molecule has 124 valence electrons. The van der Waals surface area contributed by atoms with E-state index in [9.17, 15) is 4.79 Å². The number of fused-ring (bicyclic) bond motifs is 1. The third-order valence-corrected chi connectivity index (χ3v) is 4.25.